The summed E-state index contributed by atoms with van der Waals surface area (Å²) in [6, 6.07) is 3.22. The molecule has 0 radical (unpaired) electrons. The van der Waals surface area contributed by atoms with E-state index < -0.39 is 0 Å². The summed E-state index contributed by atoms with van der Waals surface area (Å²) in [5, 5.41) is 11.3. The van der Waals surface area contributed by atoms with Crippen LogP contribution >= 0.6 is 15.9 Å². The Hall–Kier alpha value is -1.48. The first-order chi connectivity index (χ1) is 6.22. The molecule has 13 heavy (non-hydrogen) atoms. The van der Waals surface area contributed by atoms with Crippen LogP contribution in [-0.4, -0.2) is 12.1 Å². The molecule has 0 amide bonds. The lowest BCUT2D eigenvalue weighted by Crippen LogP contribution is -1.90. The lowest BCUT2D eigenvalue weighted by atomic mass is 10.3. The Bertz CT molecular complexity index is 386. The third kappa shape index (κ3) is 1.81. The van der Waals surface area contributed by atoms with Gasteiger partial charge in [0, 0.05) is 6.07 Å². The highest BCUT2D eigenvalue weighted by molar-refractivity contribution is 9.10. The van der Waals surface area contributed by atoms with Crippen molar-refractivity contribution in [3.8, 4) is 11.8 Å². The molecular weight excluding hydrogens is 238 g/mol. The fourth-order valence-electron chi connectivity index (χ4n) is 0.807. The molecule has 0 spiro atoms. The smallest absolute Gasteiger partial charge is 0.186 e. The van der Waals surface area contributed by atoms with Crippen LogP contribution in [0.1, 0.15) is 5.69 Å². The van der Waals surface area contributed by atoms with Gasteiger partial charge < -0.3 is 4.74 Å². The first kappa shape index (κ1) is 9.61. The molecule has 0 aliphatic heterocycles. The van der Waals surface area contributed by atoms with Crippen LogP contribution in [-0.2, 0) is 0 Å². The first-order valence-corrected chi connectivity index (χ1v) is 4.00. The van der Waals surface area contributed by atoms with Crippen LogP contribution in [0.25, 0.3) is 0 Å². The molecule has 0 unspecified atom stereocenters. The maximum atomic E-state index is 10.3. The average Bonchev–Trinajstić information content (AvgIpc) is 2.16. The summed E-state index contributed by atoms with van der Waals surface area (Å²) in [6.07, 6.45) is 0. The molecule has 5 nitrogen and oxygen atoms in total. The van der Waals surface area contributed by atoms with Gasteiger partial charge in [-0.2, -0.15) is 5.26 Å². The van der Waals surface area contributed by atoms with Crippen molar-refractivity contribution in [3.05, 3.63) is 21.3 Å². The summed E-state index contributed by atoms with van der Waals surface area (Å²) in [5.74, 6) is 0.230. The fourth-order valence-corrected chi connectivity index (χ4v) is 1.19. The Morgan fingerprint density at radius 2 is 2.46 bits per heavy atom. The number of ether oxygens (including phenoxy) is 1. The second-order valence-corrected chi connectivity index (χ2v) is 2.86. The van der Waals surface area contributed by atoms with Crippen molar-refractivity contribution in [2.24, 2.45) is 5.18 Å². The van der Waals surface area contributed by atoms with Gasteiger partial charge >= 0.3 is 0 Å². The van der Waals surface area contributed by atoms with Gasteiger partial charge in [0.25, 0.3) is 0 Å². The number of methoxy groups -OCH3 is 1. The second-order valence-electron chi connectivity index (χ2n) is 2.05. The fraction of sp³-hybridized carbons (Fsp3) is 0.143. The molecular formula is C7H4BrN3O2. The van der Waals surface area contributed by atoms with E-state index in [2.05, 4.69) is 26.1 Å². The number of rotatable bonds is 2. The van der Waals surface area contributed by atoms with Crippen LogP contribution in [0.4, 0.5) is 5.69 Å². The summed E-state index contributed by atoms with van der Waals surface area (Å²) in [5.41, 5.74) is -0.130. The van der Waals surface area contributed by atoms with Crippen molar-refractivity contribution in [1.29, 1.82) is 5.26 Å². The highest BCUT2D eigenvalue weighted by atomic mass is 79.9. The molecule has 6 heteroatoms. The predicted molar refractivity (Wildman–Crippen MR) is 48.7 cm³/mol. The van der Waals surface area contributed by atoms with Gasteiger partial charge in [0.2, 0.25) is 0 Å². The summed E-state index contributed by atoms with van der Waals surface area (Å²) in [4.78, 5) is 14.1. The summed E-state index contributed by atoms with van der Waals surface area (Å²) in [6.45, 7) is 0. The Kier molecular flexibility index (Phi) is 2.93. The van der Waals surface area contributed by atoms with E-state index in [9.17, 15) is 4.91 Å². The zero-order valence-electron chi connectivity index (χ0n) is 6.61. The highest BCUT2D eigenvalue weighted by Crippen LogP contribution is 2.31. The van der Waals surface area contributed by atoms with Gasteiger partial charge in [0.1, 0.15) is 10.7 Å². The normalized spacial score (nSPS) is 9.00. The van der Waals surface area contributed by atoms with Crippen LogP contribution in [0.2, 0.25) is 0 Å². The van der Waals surface area contributed by atoms with E-state index in [1.165, 1.54) is 13.2 Å². The lowest BCUT2D eigenvalue weighted by molar-refractivity contribution is 0.415. The minimum Gasteiger partial charge on any atom is -0.494 e. The SMILES string of the molecule is COc1cc(Br)nc(C#N)c1N=O. The standard InChI is InChI=1S/C7H4BrN3O2/c1-13-5-2-6(8)10-4(3-9)7(5)11-12/h2H,1H3. The Labute approximate surface area is 82.4 Å². The number of nitriles is 1. The maximum Gasteiger partial charge on any atom is 0.186 e. The number of pyridine rings is 1. The summed E-state index contributed by atoms with van der Waals surface area (Å²) >= 11 is 3.07. The van der Waals surface area contributed by atoms with Gasteiger partial charge in [0.05, 0.1) is 7.11 Å². The van der Waals surface area contributed by atoms with Gasteiger partial charge in [-0.3, -0.25) is 0 Å². The molecule has 1 heterocycles. The molecule has 0 saturated heterocycles. The number of hydrogen-bond donors (Lipinski definition) is 0. The highest BCUT2D eigenvalue weighted by Gasteiger charge is 2.12. The monoisotopic (exact) mass is 241 g/mol. The van der Waals surface area contributed by atoms with Crippen LogP contribution < -0.4 is 4.74 Å². The summed E-state index contributed by atoms with van der Waals surface area (Å²) < 4.78 is 5.27. The molecule has 66 valence electrons. The second kappa shape index (κ2) is 3.96. The molecule has 1 aromatic heterocycles. The van der Waals surface area contributed by atoms with E-state index in [1.807, 2.05) is 0 Å². The number of nitroso groups, excluding NO2 is 1. The van der Waals surface area contributed by atoms with E-state index in [-0.39, 0.29) is 17.1 Å². The Morgan fingerprint density at radius 1 is 1.77 bits per heavy atom. The van der Waals surface area contributed by atoms with E-state index in [4.69, 9.17) is 10.00 Å². The zero-order chi connectivity index (χ0) is 9.84. The molecule has 0 N–H and O–H groups in total. The minimum absolute atomic E-state index is 0.0544. The van der Waals surface area contributed by atoms with Gasteiger partial charge in [-0.1, -0.05) is 0 Å². The van der Waals surface area contributed by atoms with E-state index in [0.717, 1.165) is 0 Å². The molecule has 1 aromatic rings. The molecule has 0 bridgehead atoms. The van der Waals surface area contributed by atoms with Crippen molar-refractivity contribution >= 4 is 21.6 Å². The largest absolute Gasteiger partial charge is 0.494 e. The molecule has 0 aliphatic rings. The lowest BCUT2D eigenvalue weighted by Gasteiger charge is -2.02. The maximum absolute atomic E-state index is 10.3. The first-order valence-electron chi connectivity index (χ1n) is 3.21. The van der Waals surface area contributed by atoms with E-state index >= 15 is 0 Å². The molecule has 0 aliphatic carbocycles. The third-order valence-corrected chi connectivity index (χ3v) is 1.75. The molecule has 0 fully saturated rings. The zero-order valence-corrected chi connectivity index (χ0v) is 8.20. The van der Waals surface area contributed by atoms with Gasteiger partial charge in [-0.05, 0) is 21.1 Å². The average molecular weight is 242 g/mol. The number of nitrogens with zero attached hydrogens (tertiary/aromatic N) is 3. The van der Waals surface area contributed by atoms with Crippen molar-refractivity contribution in [2.75, 3.05) is 7.11 Å². The van der Waals surface area contributed by atoms with Crippen LogP contribution in [0.3, 0.4) is 0 Å². The van der Waals surface area contributed by atoms with Gasteiger partial charge in [0.15, 0.2) is 17.1 Å². The number of hydrogen-bond acceptors (Lipinski definition) is 5. The Balaban J connectivity index is 3.44. The minimum atomic E-state index is -0.0757. The van der Waals surface area contributed by atoms with E-state index in [1.54, 1.807) is 6.07 Å². The van der Waals surface area contributed by atoms with Crippen LogP contribution in [0.15, 0.2) is 15.8 Å². The van der Waals surface area contributed by atoms with Crippen molar-refractivity contribution < 1.29 is 4.74 Å². The van der Waals surface area contributed by atoms with Crippen LogP contribution in [0.5, 0.6) is 5.75 Å². The molecule has 1 rings (SSSR count). The number of halogens is 1. The molecule has 0 atom stereocenters. The predicted octanol–water partition coefficient (Wildman–Crippen LogP) is 2.12. The Morgan fingerprint density at radius 3 is 2.92 bits per heavy atom. The van der Waals surface area contributed by atoms with Crippen molar-refractivity contribution in [3.63, 3.8) is 0 Å². The molecule has 0 aromatic carbocycles. The van der Waals surface area contributed by atoms with E-state index in [0.29, 0.717) is 4.60 Å². The topological polar surface area (TPSA) is 75.3 Å². The van der Waals surface area contributed by atoms with Crippen molar-refractivity contribution in [2.45, 2.75) is 0 Å². The van der Waals surface area contributed by atoms with Crippen molar-refractivity contribution in [1.82, 2.24) is 4.98 Å². The number of aromatic nitrogens is 1. The van der Waals surface area contributed by atoms with Gasteiger partial charge in [-0.15, -0.1) is 4.91 Å². The molecule has 0 saturated carbocycles. The summed E-state index contributed by atoms with van der Waals surface area (Å²) in [7, 11) is 1.39. The van der Waals surface area contributed by atoms with Crippen LogP contribution in [0, 0.1) is 16.2 Å². The van der Waals surface area contributed by atoms with Gasteiger partial charge in [-0.25, -0.2) is 4.98 Å². The quantitative estimate of drug-likeness (QED) is 0.587. The third-order valence-electron chi connectivity index (χ3n) is 1.34.